The van der Waals surface area contributed by atoms with E-state index in [2.05, 4.69) is 16.9 Å². The summed E-state index contributed by atoms with van der Waals surface area (Å²) in [6.07, 6.45) is 4.74. The molecule has 0 bridgehead atoms. The summed E-state index contributed by atoms with van der Waals surface area (Å²) in [7, 11) is 0. The lowest BCUT2D eigenvalue weighted by molar-refractivity contribution is 0.673. The summed E-state index contributed by atoms with van der Waals surface area (Å²) in [5.74, 6) is 0.205. The van der Waals surface area contributed by atoms with Crippen LogP contribution in [-0.2, 0) is 0 Å². The number of hydrogen-bond acceptors (Lipinski definition) is 2. The van der Waals surface area contributed by atoms with Gasteiger partial charge in [-0.2, -0.15) is 0 Å². The molecule has 0 aliphatic rings. The van der Waals surface area contributed by atoms with Gasteiger partial charge in [0.1, 0.15) is 5.83 Å². The van der Waals surface area contributed by atoms with Crippen LogP contribution in [0.5, 0.6) is 0 Å². The summed E-state index contributed by atoms with van der Waals surface area (Å²) in [5.41, 5.74) is 1.68. The third-order valence-electron chi connectivity index (χ3n) is 2.06. The molecule has 1 radical (unpaired) electrons. The minimum atomic E-state index is -0.455. The third-order valence-corrected chi connectivity index (χ3v) is 2.06. The van der Waals surface area contributed by atoms with Crippen molar-refractivity contribution in [1.29, 1.82) is 0 Å². The van der Waals surface area contributed by atoms with Gasteiger partial charge in [-0.25, -0.2) is 14.4 Å². The molecule has 1 heterocycles. The summed E-state index contributed by atoms with van der Waals surface area (Å²) in [4.78, 5) is 8.25. The number of benzene rings is 1. The first-order valence-electron chi connectivity index (χ1n) is 4.82. The van der Waals surface area contributed by atoms with Crippen molar-refractivity contribution in [3.8, 4) is 11.4 Å². The summed E-state index contributed by atoms with van der Waals surface area (Å²) < 4.78 is 12.5. The zero-order valence-corrected chi connectivity index (χ0v) is 8.60. The minimum Gasteiger partial charge on any atom is -0.237 e. The highest BCUT2D eigenvalue weighted by atomic mass is 19.1. The third kappa shape index (κ3) is 2.51. The van der Waals surface area contributed by atoms with Crippen LogP contribution in [0.3, 0.4) is 0 Å². The molecule has 0 spiro atoms. The maximum atomic E-state index is 12.5. The Kier molecular flexibility index (Phi) is 3.05. The van der Waals surface area contributed by atoms with Gasteiger partial charge in [0.25, 0.3) is 0 Å². The van der Waals surface area contributed by atoms with Gasteiger partial charge in [0.2, 0.25) is 0 Å². The van der Waals surface area contributed by atoms with E-state index in [1.165, 1.54) is 6.08 Å². The first-order valence-corrected chi connectivity index (χ1v) is 4.82. The first-order chi connectivity index (χ1) is 7.75. The molecule has 0 saturated carbocycles. The zero-order valence-electron chi connectivity index (χ0n) is 8.60. The molecular formula is C13H10FN2. The second kappa shape index (κ2) is 4.66. The predicted molar refractivity (Wildman–Crippen MR) is 61.9 cm³/mol. The molecule has 2 aromatic rings. The topological polar surface area (TPSA) is 25.8 Å². The van der Waals surface area contributed by atoms with Crippen LogP contribution >= 0.6 is 0 Å². The van der Waals surface area contributed by atoms with Crippen molar-refractivity contribution >= 4 is 6.08 Å². The fourth-order valence-corrected chi connectivity index (χ4v) is 1.36. The number of nitrogens with zero attached hydrogens (tertiary/aromatic N) is 2. The molecule has 0 aliphatic heterocycles. The van der Waals surface area contributed by atoms with E-state index >= 15 is 0 Å². The van der Waals surface area contributed by atoms with Gasteiger partial charge in [-0.15, -0.1) is 0 Å². The number of allylic oxidation sites excluding steroid dienone is 1. The zero-order chi connectivity index (χ0) is 11.4. The summed E-state index contributed by atoms with van der Waals surface area (Å²) >= 11 is 0. The smallest absolute Gasteiger partial charge is 0.159 e. The SMILES string of the molecule is [CH2]/C(F)=C/c1ccc(-c2ncccn2)cc1. The number of halogens is 1. The molecule has 0 unspecified atom stereocenters. The Hall–Kier alpha value is -2.03. The van der Waals surface area contributed by atoms with E-state index in [4.69, 9.17) is 0 Å². The van der Waals surface area contributed by atoms with Crippen molar-refractivity contribution in [2.45, 2.75) is 0 Å². The normalized spacial score (nSPS) is 11.5. The molecule has 0 amide bonds. The van der Waals surface area contributed by atoms with Gasteiger partial charge in [0.05, 0.1) is 0 Å². The van der Waals surface area contributed by atoms with Crippen molar-refractivity contribution in [1.82, 2.24) is 9.97 Å². The molecule has 1 aromatic carbocycles. The van der Waals surface area contributed by atoms with Crippen LogP contribution < -0.4 is 0 Å². The van der Waals surface area contributed by atoms with Crippen LogP contribution in [0.25, 0.3) is 17.5 Å². The van der Waals surface area contributed by atoms with Crippen molar-refractivity contribution in [3.05, 3.63) is 61.0 Å². The van der Waals surface area contributed by atoms with Gasteiger partial charge in [-0.3, -0.25) is 0 Å². The largest absolute Gasteiger partial charge is 0.237 e. The van der Waals surface area contributed by atoms with E-state index in [1.807, 2.05) is 12.1 Å². The molecular weight excluding hydrogens is 203 g/mol. The average molecular weight is 213 g/mol. The molecule has 0 saturated heterocycles. The van der Waals surface area contributed by atoms with Gasteiger partial charge < -0.3 is 0 Å². The van der Waals surface area contributed by atoms with Gasteiger partial charge in [0.15, 0.2) is 5.82 Å². The summed E-state index contributed by atoms with van der Waals surface area (Å²) in [6.45, 7) is 3.18. The molecule has 2 nitrogen and oxygen atoms in total. The van der Waals surface area contributed by atoms with Crippen LogP contribution in [0.1, 0.15) is 5.56 Å². The van der Waals surface area contributed by atoms with E-state index in [-0.39, 0.29) is 0 Å². The number of rotatable bonds is 2. The fourth-order valence-electron chi connectivity index (χ4n) is 1.36. The van der Waals surface area contributed by atoms with E-state index in [1.54, 1.807) is 30.6 Å². The fraction of sp³-hybridized carbons (Fsp3) is 0. The molecule has 3 heteroatoms. The average Bonchev–Trinajstić information content (AvgIpc) is 2.30. The molecule has 79 valence electrons. The van der Waals surface area contributed by atoms with Crippen molar-refractivity contribution in [2.75, 3.05) is 0 Å². The Balaban J connectivity index is 2.30. The monoisotopic (exact) mass is 213 g/mol. The molecule has 1 aromatic heterocycles. The van der Waals surface area contributed by atoms with Gasteiger partial charge in [-0.1, -0.05) is 24.3 Å². The Bertz CT molecular complexity index is 485. The summed E-state index contributed by atoms with van der Waals surface area (Å²) in [5, 5.41) is 0. The minimum absolute atomic E-state index is 0.455. The van der Waals surface area contributed by atoms with Crippen LogP contribution in [0.4, 0.5) is 4.39 Å². The van der Waals surface area contributed by atoms with Crippen molar-refractivity contribution in [2.24, 2.45) is 0 Å². The lowest BCUT2D eigenvalue weighted by Gasteiger charge is -1.99. The molecule has 16 heavy (non-hydrogen) atoms. The Morgan fingerprint density at radius 1 is 1.12 bits per heavy atom. The Labute approximate surface area is 93.5 Å². The lowest BCUT2D eigenvalue weighted by Crippen LogP contribution is -1.86. The Morgan fingerprint density at radius 3 is 2.31 bits per heavy atom. The van der Waals surface area contributed by atoms with Crippen LogP contribution in [0.15, 0.2) is 48.6 Å². The number of aromatic nitrogens is 2. The van der Waals surface area contributed by atoms with Gasteiger partial charge in [0, 0.05) is 24.9 Å². The molecule has 2 rings (SSSR count). The van der Waals surface area contributed by atoms with E-state index in [0.717, 1.165) is 11.1 Å². The molecule has 0 N–H and O–H groups in total. The van der Waals surface area contributed by atoms with E-state index < -0.39 is 5.83 Å². The Morgan fingerprint density at radius 2 is 1.75 bits per heavy atom. The highest BCUT2D eigenvalue weighted by Crippen LogP contribution is 2.16. The van der Waals surface area contributed by atoms with Crippen LogP contribution in [0, 0.1) is 6.92 Å². The molecule has 0 atom stereocenters. The number of hydrogen-bond donors (Lipinski definition) is 0. The van der Waals surface area contributed by atoms with Crippen LogP contribution in [-0.4, -0.2) is 9.97 Å². The standard InChI is InChI=1S/C13H10FN2/c1-10(14)9-11-3-5-12(6-4-11)13-15-7-2-8-16-13/h2-9H,1H2/b10-9-. The second-order valence-electron chi connectivity index (χ2n) is 3.29. The highest BCUT2D eigenvalue weighted by Gasteiger charge is 1.98. The van der Waals surface area contributed by atoms with Gasteiger partial charge >= 0.3 is 0 Å². The van der Waals surface area contributed by atoms with Crippen LogP contribution in [0.2, 0.25) is 0 Å². The van der Waals surface area contributed by atoms with E-state index in [0.29, 0.717) is 5.82 Å². The summed E-state index contributed by atoms with van der Waals surface area (Å²) in [6, 6.07) is 9.07. The van der Waals surface area contributed by atoms with Crippen molar-refractivity contribution in [3.63, 3.8) is 0 Å². The van der Waals surface area contributed by atoms with Crippen molar-refractivity contribution < 1.29 is 4.39 Å². The quantitative estimate of drug-likeness (QED) is 0.765. The highest BCUT2D eigenvalue weighted by molar-refractivity contribution is 5.60. The second-order valence-corrected chi connectivity index (χ2v) is 3.29. The first kappa shape index (κ1) is 10.5. The molecule has 0 fully saturated rings. The maximum absolute atomic E-state index is 12.5. The van der Waals surface area contributed by atoms with E-state index in [9.17, 15) is 4.39 Å². The molecule has 0 aliphatic carbocycles. The predicted octanol–water partition coefficient (Wildman–Crippen LogP) is 3.29. The lowest BCUT2D eigenvalue weighted by atomic mass is 10.1. The maximum Gasteiger partial charge on any atom is 0.159 e. The van der Waals surface area contributed by atoms with Gasteiger partial charge in [-0.05, 0) is 17.7 Å².